The van der Waals surface area contributed by atoms with Gasteiger partial charge in [0, 0.05) is 41.1 Å². The van der Waals surface area contributed by atoms with Crippen molar-refractivity contribution in [1.82, 2.24) is 10.2 Å². The highest BCUT2D eigenvalue weighted by atomic mass is 79.9. The predicted molar refractivity (Wildman–Crippen MR) is 153 cm³/mol. The molecule has 6 heteroatoms. The molecule has 1 atom stereocenters. The van der Waals surface area contributed by atoms with Gasteiger partial charge in [0.05, 0.1) is 0 Å². The van der Waals surface area contributed by atoms with Gasteiger partial charge in [-0.05, 0) is 48.2 Å². The van der Waals surface area contributed by atoms with Gasteiger partial charge in [-0.2, -0.15) is 0 Å². The molecule has 0 aliphatic carbocycles. The Kier molecular flexibility index (Phi) is 11.1. The number of thioether (sulfide) groups is 1. The molecule has 0 fully saturated rings. The molecule has 0 bridgehead atoms. The topological polar surface area (TPSA) is 49.4 Å². The van der Waals surface area contributed by atoms with Gasteiger partial charge in [0.2, 0.25) is 11.8 Å². The number of nitrogens with one attached hydrogen (secondary N) is 1. The van der Waals surface area contributed by atoms with Crippen molar-refractivity contribution in [3.8, 4) is 0 Å². The van der Waals surface area contributed by atoms with Crippen molar-refractivity contribution in [2.24, 2.45) is 5.92 Å². The summed E-state index contributed by atoms with van der Waals surface area (Å²) in [4.78, 5) is 30.0. The molecular formula is C30H35BrN2O2S. The molecule has 190 valence electrons. The maximum atomic E-state index is 13.7. The van der Waals surface area contributed by atoms with Gasteiger partial charge in [-0.15, -0.1) is 11.8 Å². The summed E-state index contributed by atoms with van der Waals surface area (Å²) < 4.78 is 0.981. The Balaban J connectivity index is 1.82. The van der Waals surface area contributed by atoms with Gasteiger partial charge in [0.15, 0.2) is 0 Å². The molecule has 2 amide bonds. The van der Waals surface area contributed by atoms with E-state index in [1.807, 2.05) is 54.6 Å². The minimum Gasteiger partial charge on any atom is -0.354 e. The fourth-order valence-corrected chi connectivity index (χ4v) is 4.90. The second-order valence-electron chi connectivity index (χ2n) is 9.40. The largest absolute Gasteiger partial charge is 0.354 e. The molecule has 0 aliphatic heterocycles. The Morgan fingerprint density at radius 3 is 2.22 bits per heavy atom. The number of hydrogen-bond donors (Lipinski definition) is 1. The van der Waals surface area contributed by atoms with Gasteiger partial charge < -0.3 is 10.2 Å². The number of nitrogens with zero attached hydrogens (tertiary/aromatic N) is 1. The van der Waals surface area contributed by atoms with Gasteiger partial charge in [-0.1, -0.05) is 89.9 Å². The summed E-state index contributed by atoms with van der Waals surface area (Å²) in [5.41, 5.74) is 3.24. The van der Waals surface area contributed by atoms with E-state index in [0.717, 1.165) is 20.5 Å². The van der Waals surface area contributed by atoms with Gasteiger partial charge in [-0.25, -0.2) is 0 Å². The van der Waals surface area contributed by atoms with E-state index in [-0.39, 0.29) is 11.8 Å². The highest BCUT2D eigenvalue weighted by Crippen LogP contribution is 2.22. The highest BCUT2D eigenvalue weighted by molar-refractivity contribution is 9.10. The zero-order valence-corrected chi connectivity index (χ0v) is 23.6. The standard InChI is InChI=1S/C30H35BrN2O2S/c1-22(2)20-32-30(35)28(19-24-7-5-4-6-8-24)33(21-25-11-13-26(31)14-12-25)29(34)17-18-36-27-15-9-23(3)10-16-27/h4-16,22,28H,17-21H2,1-3H3,(H,32,35)/t28-/m0/s1. The molecule has 3 rings (SSSR count). The average molecular weight is 568 g/mol. The van der Waals surface area contributed by atoms with Crippen LogP contribution in [0.2, 0.25) is 0 Å². The van der Waals surface area contributed by atoms with E-state index in [4.69, 9.17) is 0 Å². The molecule has 4 nitrogen and oxygen atoms in total. The molecule has 0 aromatic heterocycles. The molecule has 1 N–H and O–H groups in total. The molecule has 0 spiro atoms. The lowest BCUT2D eigenvalue weighted by molar-refractivity contribution is -0.141. The summed E-state index contributed by atoms with van der Waals surface area (Å²) in [5.74, 6) is 0.861. The fourth-order valence-electron chi connectivity index (χ4n) is 3.80. The summed E-state index contributed by atoms with van der Waals surface area (Å²) in [6.45, 7) is 7.16. The molecule has 3 aromatic rings. The van der Waals surface area contributed by atoms with Crippen LogP contribution >= 0.6 is 27.7 Å². The zero-order valence-electron chi connectivity index (χ0n) is 21.2. The normalized spacial score (nSPS) is 11.8. The minimum atomic E-state index is -0.591. The number of halogens is 1. The molecule has 0 aliphatic rings. The Labute approximate surface area is 228 Å². The molecule has 0 saturated carbocycles. The first-order valence-electron chi connectivity index (χ1n) is 12.4. The van der Waals surface area contributed by atoms with Crippen molar-refractivity contribution in [2.75, 3.05) is 12.3 Å². The van der Waals surface area contributed by atoms with Crippen LogP contribution in [0.15, 0.2) is 88.2 Å². The van der Waals surface area contributed by atoms with E-state index in [0.29, 0.717) is 37.6 Å². The van der Waals surface area contributed by atoms with Gasteiger partial charge in [-0.3, -0.25) is 9.59 Å². The zero-order chi connectivity index (χ0) is 25.9. The maximum Gasteiger partial charge on any atom is 0.243 e. The van der Waals surface area contributed by atoms with E-state index in [1.165, 1.54) is 5.56 Å². The lowest BCUT2D eigenvalue weighted by atomic mass is 10.0. The van der Waals surface area contributed by atoms with E-state index in [9.17, 15) is 9.59 Å². The molecule has 3 aromatic carbocycles. The summed E-state index contributed by atoms with van der Waals surface area (Å²) in [6, 6.07) is 25.6. The smallest absolute Gasteiger partial charge is 0.243 e. The van der Waals surface area contributed by atoms with Crippen LogP contribution < -0.4 is 5.32 Å². The van der Waals surface area contributed by atoms with Crippen molar-refractivity contribution in [1.29, 1.82) is 0 Å². The predicted octanol–water partition coefficient (Wildman–Crippen LogP) is 6.65. The van der Waals surface area contributed by atoms with Crippen LogP contribution in [0.5, 0.6) is 0 Å². The van der Waals surface area contributed by atoms with Gasteiger partial charge in [0.25, 0.3) is 0 Å². The average Bonchev–Trinajstić information content (AvgIpc) is 2.87. The van der Waals surface area contributed by atoms with Crippen LogP contribution in [-0.4, -0.2) is 35.1 Å². The lowest BCUT2D eigenvalue weighted by Crippen LogP contribution is -2.51. The first kappa shape index (κ1) is 28.0. The third kappa shape index (κ3) is 9.14. The quantitative estimate of drug-likeness (QED) is 0.249. The molecular weight excluding hydrogens is 532 g/mol. The van der Waals surface area contributed by atoms with Crippen molar-refractivity contribution in [3.05, 3.63) is 100 Å². The van der Waals surface area contributed by atoms with E-state index in [2.05, 4.69) is 66.3 Å². The van der Waals surface area contributed by atoms with E-state index in [1.54, 1.807) is 16.7 Å². The Bertz CT molecular complexity index is 1100. The maximum absolute atomic E-state index is 13.7. The number of aryl methyl sites for hydroxylation is 1. The Morgan fingerprint density at radius 2 is 1.58 bits per heavy atom. The lowest BCUT2D eigenvalue weighted by Gasteiger charge is -2.32. The van der Waals surface area contributed by atoms with Gasteiger partial charge in [0.1, 0.15) is 6.04 Å². The molecule has 0 saturated heterocycles. The summed E-state index contributed by atoms with van der Waals surface area (Å²) in [5, 5.41) is 3.07. The van der Waals surface area contributed by atoms with E-state index >= 15 is 0 Å². The second-order valence-corrected chi connectivity index (χ2v) is 11.5. The third-order valence-electron chi connectivity index (χ3n) is 5.83. The first-order chi connectivity index (χ1) is 17.3. The summed E-state index contributed by atoms with van der Waals surface area (Å²) in [7, 11) is 0. The second kappa shape index (κ2) is 14.2. The number of rotatable bonds is 12. The number of benzene rings is 3. The SMILES string of the molecule is Cc1ccc(SCCC(=O)N(Cc2ccc(Br)cc2)[C@@H](Cc2ccccc2)C(=O)NCC(C)C)cc1. The first-order valence-corrected chi connectivity index (χ1v) is 14.1. The van der Waals surface area contributed by atoms with Crippen molar-refractivity contribution in [3.63, 3.8) is 0 Å². The van der Waals surface area contributed by atoms with Crippen molar-refractivity contribution < 1.29 is 9.59 Å². The molecule has 0 unspecified atom stereocenters. The number of amides is 2. The van der Waals surface area contributed by atoms with Crippen LogP contribution in [0, 0.1) is 12.8 Å². The van der Waals surface area contributed by atoms with Gasteiger partial charge >= 0.3 is 0 Å². The van der Waals surface area contributed by atoms with Crippen molar-refractivity contribution >= 4 is 39.5 Å². The minimum absolute atomic E-state index is 0.0156. The summed E-state index contributed by atoms with van der Waals surface area (Å²) in [6.07, 6.45) is 0.829. The Hall–Kier alpha value is -2.57. The van der Waals surface area contributed by atoms with Crippen LogP contribution in [0.25, 0.3) is 0 Å². The van der Waals surface area contributed by atoms with Crippen LogP contribution in [0.4, 0.5) is 0 Å². The van der Waals surface area contributed by atoms with Crippen LogP contribution in [0.3, 0.4) is 0 Å². The Morgan fingerprint density at radius 1 is 0.917 bits per heavy atom. The van der Waals surface area contributed by atoms with E-state index < -0.39 is 6.04 Å². The third-order valence-corrected chi connectivity index (χ3v) is 7.37. The van der Waals surface area contributed by atoms with Crippen molar-refractivity contribution in [2.45, 2.75) is 51.1 Å². The number of carbonyl (C=O) groups is 2. The summed E-state index contributed by atoms with van der Waals surface area (Å²) >= 11 is 5.15. The monoisotopic (exact) mass is 566 g/mol. The van der Waals surface area contributed by atoms with Crippen LogP contribution in [-0.2, 0) is 22.6 Å². The molecule has 0 radical (unpaired) electrons. The highest BCUT2D eigenvalue weighted by Gasteiger charge is 2.30. The molecule has 36 heavy (non-hydrogen) atoms. The fraction of sp³-hybridized carbons (Fsp3) is 0.333. The number of hydrogen-bond acceptors (Lipinski definition) is 3. The number of carbonyl (C=O) groups excluding carboxylic acids is 2. The molecule has 0 heterocycles. The van der Waals surface area contributed by atoms with Crippen LogP contribution in [0.1, 0.15) is 37.0 Å².